The van der Waals surface area contributed by atoms with Gasteiger partial charge in [-0.05, 0) is 36.4 Å². The predicted octanol–water partition coefficient (Wildman–Crippen LogP) is 1.87. The van der Waals surface area contributed by atoms with Crippen molar-refractivity contribution < 1.29 is 14.3 Å². The summed E-state index contributed by atoms with van der Waals surface area (Å²) >= 11 is 1.60. The lowest BCUT2D eigenvalue weighted by Crippen LogP contribution is -2.42. The molecule has 0 aliphatic rings. The summed E-state index contributed by atoms with van der Waals surface area (Å²) in [4.78, 5) is 11.5. The minimum atomic E-state index is -0.346. The Morgan fingerprint density at radius 2 is 2.21 bits per heavy atom. The molecule has 6 heteroatoms. The molecule has 0 bridgehead atoms. The standard InChI is InChI=1S/C13H19FN2O2S/c1-9(7-17)16-13(18)15-6-10-3-4-12(14)5-11(10)8-19-2/h3-5,9,17H,6-8H2,1-2H3,(H2,15,16,18). The van der Waals surface area contributed by atoms with Gasteiger partial charge in [0.15, 0.2) is 0 Å². The van der Waals surface area contributed by atoms with E-state index in [2.05, 4.69) is 10.6 Å². The number of rotatable bonds is 6. The predicted molar refractivity (Wildman–Crippen MR) is 75.5 cm³/mol. The van der Waals surface area contributed by atoms with Crippen molar-refractivity contribution in [2.45, 2.75) is 25.3 Å². The topological polar surface area (TPSA) is 61.4 Å². The summed E-state index contributed by atoms with van der Waals surface area (Å²) in [6.07, 6.45) is 1.94. The summed E-state index contributed by atoms with van der Waals surface area (Å²) in [5.74, 6) is 0.426. The molecule has 1 aromatic carbocycles. The number of amides is 2. The lowest BCUT2D eigenvalue weighted by Gasteiger charge is -2.13. The van der Waals surface area contributed by atoms with Gasteiger partial charge in [0.2, 0.25) is 0 Å². The Morgan fingerprint density at radius 1 is 1.47 bits per heavy atom. The van der Waals surface area contributed by atoms with Gasteiger partial charge in [-0.15, -0.1) is 0 Å². The average Bonchev–Trinajstić information content (AvgIpc) is 2.38. The third kappa shape index (κ3) is 5.48. The molecule has 0 aliphatic heterocycles. The van der Waals surface area contributed by atoms with Gasteiger partial charge in [0.25, 0.3) is 0 Å². The lowest BCUT2D eigenvalue weighted by molar-refractivity contribution is 0.220. The van der Waals surface area contributed by atoms with E-state index >= 15 is 0 Å². The second-order valence-corrected chi connectivity index (χ2v) is 5.12. The number of hydrogen-bond donors (Lipinski definition) is 3. The van der Waals surface area contributed by atoms with Crippen molar-refractivity contribution in [3.8, 4) is 0 Å². The van der Waals surface area contributed by atoms with Crippen LogP contribution in [0.1, 0.15) is 18.1 Å². The van der Waals surface area contributed by atoms with Crippen LogP contribution < -0.4 is 10.6 Å². The molecule has 1 unspecified atom stereocenters. The largest absolute Gasteiger partial charge is 0.394 e. The Hall–Kier alpha value is -1.27. The smallest absolute Gasteiger partial charge is 0.315 e. The molecule has 0 aliphatic carbocycles. The van der Waals surface area contributed by atoms with E-state index in [1.54, 1.807) is 24.8 Å². The number of nitrogens with one attached hydrogen (secondary N) is 2. The molecule has 19 heavy (non-hydrogen) atoms. The molecule has 0 saturated heterocycles. The van der Waals surface area contributed by atoms with Gasteiger partial charge in [-0.3, -0.25) is 0 Å². The zero-order valence-electron chi connectivity index (χ0n) is 11.1. The first-order valence-electron chi connectivity index (χ1n) is 5.98. The maximum absolute atomic E-state index is 13.2. The van der Waals surface area contributed by atoms with Crippen molar-refractivity contribution in [1.29, 1.82) is 0 Å². The second kappa shape index (κ2) is 8.01. The van der Waals surface area contributed by atoms with E-state index in [4.69, 9.17) is 5.11 Å². The van der Waals surface area contributed by atoms with Gasteiger partial charge in [0, 0.05) is 12.3 Å². The van der Waals surface area contributed by atoms with Crippen molar-refractivity contribution in [3.05, 3.63) is 35.1 Å². The van der Waals surface area contributed by atoms with E-state index in [-0.39, 0.29) is 24.5 Å². The zero-order chi connectivity index (χ0) is 14.3. The Balaban J connectivity index is 2.59. The minimum absolute atomic E-state index is 0.109. The third-order valence-electron chi connectivity index (χ3n) is 2.56. The fourth-order valence-electron chi connectivity index (χ4n) is 1.55. The number of carbonyl (C=O) groups is 1. The zero-order valence-corrected chi connectivity index (χ0v) is 11.9. The SMILES string of the molecule is CSCc1cc(F)ccc1CNC(=O)NC(C)CO. The highest BCUT2D eigenvalue weighted by Crippen LogP contribution is 2.16. The summed E-state index contributed by atoms with van der Waals surface area (Å²) in [5, 5.41) is 14.1. The Kier molecular flexibility index (Phi) is 6.66. The van der Waals surface area contributed by atoms with Crippen LogP contribution in [0.2, 0.25) is 0 Å². The van der Waals surface area contributed by atoms with E-state index in [1.165, 1.54) is 12.1 Å². The summed E-state index contributed by atoms with van der Waals surface area (Å²) in [5.41, 5.74) is 1.77. The highest BCUT2D eigenvalue weighted by molar-refractivity contribution is 7.97. The van der Waals surface area contributed by atoms with Crippen molar-refractivity contribution in [3.63, 3.8) is 0 Å². The first kappa shape index (κ1) is 15.8. The number of carbonyl (C=O) groups excluding carboxylic acids is 1. The molecule has 0 spiro atoms. The highest BCUT2D eigenvalue weighted by atomic mass is 32.2. The number of aliphatic hydroxyl groups is 1. The number of benzene rings is 1. The van der Waals surface area contributed by atoms with Gasteiger partial charge in [0.1, 0.15) is 5.82 Å². The van der Waals surface area contributed by atoms with Gasteiger partial charge in [-0.25, -0.2) is 9.18 Å². The lowest BCUT2D eigenvalue weighted by atomic mass is 10.1. The van der Waals surface area contributed by atoms with Crippen LogP contribution in [0.3, 0.4) is 0 Å². The summed E-state index contributed by atoms with van der Waals surface area (Å²) < 4.78 is 13.2. The van der Waals surface area contributed by atoms with Crippen molar-refractivity contribution in [1.82, 2.24) is 10.6 Å². The summed E-state index contributed by atoms with van der Waals surface area (Å²) in [6.45, 7) is 1.93. The van der Waals surface area contributed by atoms with Gasteiger partial charge in [-0.1, -0.05) is 6.07 Å². The first-order chi connectivity index (χ1) is 9.06. The van der Waals surface area contributed by atoms with Gasteiger partial charge in [-0.2, -0.15) is 11.8 Å². The third-order valence-corrected chi connectivity index (χ3v) is 3.16. The minimum Gasteiger partial charge on any atom is -0.394 e. The van der Waals surface area contributed by atoms with Crippen LogP contribution in [0.5, 0.6) is 0 Å². The molecule has 0 aromatic heterocycles. The molecule has 0 fully saturated rings. The Morgan fingerprint density at radius 3 is 2.84 bits per heavy atom. The molecule has 1 rings (SSSR count). The van der Waals surface area contributed by atoms with E-state index in [0.29, 0.717) is 12.3 Å². The molecule has 0 saturated carbocycles. The molecule has 0 heterocycles. The Bertz CT molecular complexity index is 429. The van der Waals surface area contributed by atoms with Crippen LogP contribution in [0.4, 0.5) is 9.18 Å². The van der Waals surface area contributed by atoms with Crippen molar-refractivity contribution >= 4 is 17.8 Å². The molecule has 1 atom stereocenters. The van der Waals surface area contributed by atoms with Crippen LogP contribution in [0, 0.1) is 5.82 Å². The Labute approximate surface area is 116 Å². The molecule has 4 nitrogen and oxygen atoms in total. The van der Waals surface area contributed by atoms with E-state index in [9.17, 15) is 9.18 Å². The molecule has 106 valence electrons. The maximum atomic E-state index is 13.2. The first-order valence-corrected chi connectivity index (χ1v) is 7.37. The monoisotopic (exact) mass is 286 g/mol. The normalized spacial score (nSPS) is 12.0. The molecular formula is C13H19FN2O2S. The highest BCUT2D eigenvalue weighted by Gasteiger charge is 2.08. The fourth-order valence-corrected chi connectivity index (χ4v) is 2.13. The molecule has 1 aromatic rings. The second-order valence-electron chi connectivity index (χ2n) is 4.26. The number of halogens is 1. The van der Waals surface area contributed by atoms with Crippen LogP contribution in [0.25, 0.3) is 0 Å². The van der Waals surface area contributed by atoms with E-state index in [0.717, 1.165) is 11.1 Å². The molecule has 3 N–H and O–H groups in total. The van der Waals surface area contributed by atoms with Gasteiger partial charge < -0.3 is 15.7 Å². The van der Waals surface area contributed by atoms with E-state index in [1.807, 2.05) is 6.26 Å². The van der Waals surface area contributed by atoms with Crippen molar-refractivity contribution in [2.24, 2.45) is 0 Å². The number of urea groups is 1. The van der Waals surface area contributed by atoms with Crippen LogP contribution in [-0.2, 0) is 12.3 Å². The molecular weight excluding hydrogens is 267 g/mol. The quantitative estimate of drug-likeness (QED) is 0.748. The number of aliphatic hydroxyl groups excluding tert-OH is 1. The van der Waals surface area contributed by atoms with E-state index < -0.39 is 0 Å². The molecule has 0 radical (unpaired) electrons. The van der Waals surface area contributed by atoms with Crippen LogP contribution in [0.15, 0.2) is 18.2 Å². The van der Waals surface area contributed by atoms with Gasteiger partial charge in [0.05, 0.1) is 12.6 Å². The van der Waals surface area contributed by atoms with Crippen LogP contribution in [-0.4, -0.2) is 30.0 Å². The van der Waals surface area contributed by atoms with Crippen LogP contribution >= 0.6 is 11.8 Å². The van der Waals surface area contributed by atoms with Crippen molar-refractivity contribution in [2.75, 3.05) is 12.9 Å². The summed E-state index contributed by atoms with van der Waals surface area (Å²) in [6, 6.07) is 3.91. The summed E-state index contributed by atoms with van der Waals surface area (Å²) in [7, 11) is 0. The van der Waals surface area contributed by atoms with Gasteiger partial charge >= 0.3 is 6.03 Å². The molecule has 2 amide bonds. The number of hydrogen-bond acceptors (Lipinski definition) is 3. The fraction of sp³-hybridized carbons (Fsp3) is 0.462. The number of thioether (sulfide) groups is 1. The maximum Gasteiger partial charge on any atom is 0.315 e. The average molecular weight is 286 g/mol.